The Morgan fingerprint density at radius 3 is 2.22 bits per heavy atom. The molecule has 94 valence electrons. The Morgan fingerprint density at radius 2 is 1.67 bits per heavy atom. The monoisotopic (exact) mass is 249 g/mol. The highest BCUT2D eigenvalue weighted by atomic mass is 16.4. The summed E-state index contributed by atoms with van der Waals surface area (Å²) in [6.45, 7) is 0. The zero-order valence-electron chi connectivity index (χ0n) is 9.04. The molecule has 7 heteroatoms. The topological polar surface area (TPSA) is 119 Å². The first-order chi connectivity index (χ1) is 8.49. The molecule has 2 amide bonds. The van der Waals surface area contributed by atoms with E-state index in [4.69, 9.17) is 5.11 Å². The number of carboxylic acids is 1. The highest BCUT2D eigenvalue weighted by Gasteiger charge is 2.04. The molecule has 0 aliphatic rings. The van der Waals surface area contributed by atoms with Gasteiger partial charge >= 0.3 is 5.97 Å². The fourth-order valence-electron chi connectivity index (χ4n) is 0.985. The van der Waals surface area contributed by atoms with Crippen LogP contribution >= 0.6 is 0 Å². The SMILES string of the molecule is O=C(O)/C=C/C(=O)NNC(=O)c1ccc([O-])cc1. The van der Waals surface area contributed by atoms with Gasteiger partial charge in [-0.15, -0.1) is 5.75 Å². The van der Waals surface area contributed by atoms with E-state index in [2.05, 4.69) is 5.43 Å². The highest BCUT2D eigenvalue weighted by molar-refractivity contribution is 5.98. The van der Waals surface area contributed by atoms with E-state index >= 15 is 0 Å². The van der Waals surface area contributed by atoms with Crippen molar-refractivity contribution >= 4 is 17.8 Å². The lowest BCUT2D eigenvalue weighted by Crippen LogP contribution is -2.40. The zero-order chi connectivity index (χ0) is 13.5. The minimum absolute atomic E-state index is 0.192. The Morgan fingerprint density at radius 1 is 1.06 bits per heavy atom. The normalized spacial score (nSPS) is 10.0. The molecule has 0 aliphatic carbocycles. The van der Waals surface area contributed by atoms with Crippen LogP contribution in [0.3, 0.4) is 0 Å². The van der Waals surface area contributed by atoms with Gasteiger partial charge in [0.1, 0.15) is 0 Å². The third kappa shape index (κ3) is 4.35. The maximum Gasteiger partial charge on any atom is 0.328 e. The molecule has 0 fully saturated rings. The Bertz CT molecular complexity index is 493. The van der Waals surface area contributed by atoms with E-state index in [9.17, 15) is 19.5 Å². The number of amides is 2. The van der Waals surface area contributed by atoms with Crippen LogP contribution in [-0.4, -0.2) is 22.9 Å². The van der Waals surface area contributed by atoms with Crippen LogP contribution < -0.4 is 16.0 Å². The maximum absolute atomic E-state index is 11.4. The average Bonchev–Trinajstić information content (AvgIpc) is 2.34. The number of benzene rings is 1. The summed E-state index contributed by atoms with van der Waals surface area (Å²) in [5, 5.41) is 19.1. The molecule has 0 radical (unpaired) electrons. The molecule has 0 aromatic heterocycles. The third-order valence-corrected chi connectivity index (χ3v) is 1.79. The average molecular weight is 249 g/mol. The second-order valence-electron chi connectivity index (χ2n) is 3.14. The Labute approximate surface area is 102 Å². The molecule has 0 heterocycles. The van der Waals surface area contributed by atoms with E-state index in [0.29, 0.717) is 6.08 Å². The Hall–Kier alpha value is -2.83. The predicted molar refractivity (Wildman–Crippen MR) is 58.3 cm³/mol. The van der Waals surface area contributed by atoms with Crippen molar-refractivity contribution in [2.75, 3.05) is 0 Å². The molecular formula is C11H9N2O5-. The summed E-state index contributed by atoms with van der Waals surface area (Å²) in [5.41, 5.74) is 4.23. The van der Waals surface area contributed by atoms with E-state index in [-0.39, 0.29) is 11.3 Å². The van der Waals surface area contributed by atoms with Gasteiger partial charge in [0.15, 0.2) is 0 Å². The zero-order valence-corrected chi connectivity index (χ0v) is 9.04. The van der Waals surface area contributed by atoms with Crippen molar-refractivity contribution in [1.82, 2.24) is 10.9 Å². The van der Waals surface area contributed by atoms with Gasteiger partial charge in [0.2, 0.25) is 0 Å². The molecule has 1 rings (SSSR count). The molecule has 1 aromatic rings. The van der Waals surface area contributed by atoms with Crippen LogP contribution in [0.15, 0.2) is 36.4 Å². The minimum atomic E-state index is -1.28. The summed E-state index contributed by atoms with van der Waals surface area (Å²) in [6.07, 6.45) is 1.39. The van der Waals surface area contributed by atoms with Gasteiger partial charge in [0.05, 0.1) is 0 Å². The van der Waals surface area contributed by atoms with Crippen LogP contribution in [0.2, 0.25) is 0 Å². The van der Waals surface area contributed by atoms with E-state index < -0.39 is 17.8 Å². The molecule has 0 spiro atoms. The molecule has 3 N–H and O–H groups in total. The summed E-state index contributed by atoms with van der Waals surface area (Å²) in [6, 6.07) is 5.02. The number of carboxylic acid groups (broad SMARTS) is 1. The van der Waals surface area contributed by atoms with E-state index in [0.717, 1.165) is 6.08 Å². The van der Waals surface area contributed by atoms with E-state index in [1.165, 1.54) is 24.3 Å². The molecule has 18 heavy (non-hydrogen) atoms. The lowest BCUT2D eigenvalue weighted by molar-refractivity contribution is -0.268. The van der Waals surface area contributed by atoms with Gasteiger partial charge in [-0.2, -0.15) is 0 Å². The van der Waals surface area contributed by atoms with E-state index in [1.54, 1.807) is 0 Å². The quantitative estimate of drug-likeness (QED) is 0.477. The van der Waals surface area contributed by atoms with Gasteiger partial charge in [-0.25, -0.2) is 4.79 Å². The number of hydrogen-bond donors (Lipinski definition) is 3. The molecule has 7 nitrogen and oxygen atoms in total. The molecule has 0 bridgehead atoms. The summed E-state index contributed by atoms with van der Waals surface area (Å²) in [5.74, 6) is -2.92. The van der Waals surface area contributed by atoms with Crippen molar-refractivity contribution < 1.29 is 24.6 Å². The van der Waals surface area contributed by atoms with Crippen LogP contribution in [0.1, 0.15) is 10.4 Å². The Kier molecular flexibility index (Phi) is 4.44. The first-order valence-electron chi connectivity index (χ1n) is 4.77. The van der Waals surface area contributed by atoms with Crippen LogP contribution in [0.25, 0.3) is 0 Å². The largest absolute Gasteiger partial charge is 0.872 e. The van der Waals surface area contributed by atoms with Gasteiger partial charge in [0.25, 0.3) is 11.8 Å². The molecule has 0 saturated heterocycles. The number of nitrogens with one attached hydrogen (secondary N) is 2. The van der Waals surface area contributed by atoms with E-state index in [1.807, 2.05) is 5.43 Å². The van der Waals surface area contributed by atoms with Crippen molar-refractivity contribution in [2.45, 2.75) is 0 Å². The van der Waals surface area contributed by atoms with Crippen molar-refractivity contribution in [3.05, 3.63) is 42.0 Å². The highest BCUT2D eigenvalue weighted by Crippen LogP contribution is 2.05. The summed E-state index contributed by atoms with van der Waals surface area (Å²) < 4.78 is 0. The van der Waals surface area contributed by atoms with Gasteiger partial charge in [-0.3, -0.25) is 20.4 Å². The van der Waals surface area contributed by atoms with Crippen LogP contribution in [0, 0.1) is 0 Å². The number of carbonyl (C=O) groups excluding carboxylic acids is 2. The second kappa shape index (κ2) is 6.04. The third-order valence-electron chi connectivity index (χ3n) is 1.79. The first kappa shape index (κ1) is 13.2. The fourth-order valence-corrected chi connectivity index (χ4v) is 0.985. The number of hydrogen-bond acceptors (Lipinski definition) is 4. The number of carbonyl (C=O) groups is 3. The van der Waals surface area contributed by atoms with Crippen LogP contribution in [0.4, 0.5) is 0 Å². The standard InChI is InChI=1S/C11H10N2O5/c14-8-3-1-7(2-4-8)11(18)13-12-9(15)5-6-10(16)17/h1-6,14H,(H,12,15)(H,13,18)(H,16,17)/p-1/b6-5+. The molecule has 1 aromatic carbocycles. The molecule has 0 saturated carbocycles. The molecule has 0 unspecified atom stereocenters. The van der Waals surface area contributed by atoms with Gasteiger partial charge < -0.3 is 10.2 Å². The smallest absolute Gasteiger partial charge is 0.328 e. The molecule has 0 atom stereocenters. The number of rotatable bonds is 3. The minimum Gasteiger partial charge on any atom is -0.872 e. The fraction of sp³-hybridized carbons (Fsp3) is 0. The van der Waals surface area contributed by atoms with Gasteiger partial charge in [-0.05, 0) is 0 Å². The van der Waals surface area contributed by atoms with Crippen LogP contribution in [0.5, 0.6) is 5.75 Å². The predicted octanol–water partition coefficient (Wildman–Crippen LogP) is -0.838. The van der Waals surface area contributed by atoms with Gasteiger partial charge in [0, 0.05) is 17.7 Å². The summed E-state index contributed by atoms with van der Waals surface area (Å²) in [4.78, 5) is 32.6. The van der Waals surface area contributed by atoms with Crippen molar-refractivity contribution in [2.24, 2.45) is 0 Å². The first-order valence-corrected chi connectivity index (χ1v) is 4.77. The molecule has 0 aliphatic heterocycles. The Balaban J connectivity index is 2.49. The lowest BCUT2D eigenvalue weighted by atomic mass is 10.2. The maximum atomic E-state index is 11.4. The summed E-state index contributed by atoms with van der Waals surface area (Å²) in [7, 11) is 0. The second-order valence-corrected chi connectivity index (χ2v) is 3.14. The van der Waals surface area contributed by atoms with Crippen LogP contribution in [-0.2, 0) is 9.59 Å². The summed E-state index contributed by atoms with van der Waals surface area (Å²) >= 11 is 0. The number of aliphatic carboxylic acids is 1. The van der Waals surface area contributed by atoms with Crippen molar-refractivity contribution in [3.63, 3.8) is 0 Å². The number of hydrazine groups is 1. The molecular weight excluding hydrogens is 240 g/mol. The lowest BCUT2D eigenvalue weighted by Gasteiger charge is -2.07. The van der Waals surface area contributed by atoms with Crippen molar-refractivity contribution in [3.8, 4) is 5.75 Å². The van der Waals surface area contributed by atoms with Gasteiger partial charge in [-0.1, -0.05) is 24.3 Å². The van der Waals surface area contributed by atoms with Crippen molar-refractivity contribution in [1.29, 1.82) is 0 Å².